The lowest BCUT2D eigenvalue weighted by Crippen LogP contribution is -1.99. The number of rotatable bonds is 3. The van der Waals surface area contributed by atoms with Crippen molar-refractivity contribution in [1.82, 2.24) is 0 Å². The van der Waals surface area contributed by atoms with E-state index in [1.807, 2.05) is 13.8 Å². The van der Waals surface area contributed by atoms with Crippen LogP contribution in [0, 0.1) is 0 Å². The molecule has 0 aliphatic heterocycles. The Morgan fingerprint density at radius 3 is 2.00 bits per heavy atom. The van der Waals surface area contributed by atoms with Gasteiger partial charge in [0.2, 0.25) is 0 Å². The molecule has 0 spiro atoms. The second-order valence-corrected chi connectivity index (χ2v) is 5.90. The Hall–Kier alpha value is -1.42. The molecule has 4 heteroatoms. The molecule has 0 amide bonds. The highest BCUT2D eigenvalue weighted by Gasteiger charge is 2.08. The summed E-state index contributed by atoms with van der Waals surface area (Å²) >= 11 is 0. The number of benzene rings is 1. The van der Waals surface area contributed by atoms with Crippen LogP contribution in [0.15, 0.2) is 40.8 Å². The van der Waals surface area contributed by atoms with Gasteiger partial charge in [-0.05, 0) is 44.2 Å². The van der Waals surface area contributed by atoms with Gasteiger partial charge in [-0.15, -0.1) is 0 Å². The molecule has 1 aromatic carbocycles. The minimum Gasteiger partial charge on any atom is -0.289 e. The van der Waals surface area contributed by atoms with Crippen LogP contribution in [0.3, 0.4) is 0 Å². The van der Waals surface area contributed by atoms with Gasteiger partial charge >= 0.3 is 0 Å². The first-order valence-electron chi connectivity index (χ1n) is 4.80. The zero-order valence-electron chi connectivity index (χ0n) is 9.52. The van der Waals surface area contributed by atoms with Gasteiger partial charge in [0.25, 0.3) is 0 Å². The Balaban J connectivity index is 3.05. The van der Waals surface area contributed by atoms with Crippen LogP contribution in [0.25, 0.3) is 0 Å². The number of carbonyl (C=O) groups is 1. The highest BCUT2D eigenvalue weighted by Crippen LogP contribution is 2.11. The van der Waals surface area contributed by atoms with Crippen molar-refractivity contribution < 1.29 is 13.2 Å². The highest BCUT2D eigenvalue weighted by atomic mass is 32.2. The van der Waals surface area contributed by atoms with Gasteiger partial charge in [-0.1, -0.05) is 5.57 Å². The van der Waals surface area contributed by atoms with Crippen molar-refractivity contribution in [1.29, 1.82) is 0 Å². The van der Waals surface area contributed by atoms with Crippen LogP contribution in [-0.4, -0.2) is 20.5 Å². The number of ketones is 1. The van der Waals surface area contributed by atoms with Crippen molar-refractivity contribution >= 4 is 15.6 Å². The summed E-state index contributed by atoms with van der Waals surface area (Å²) < 4.78 is 22.4. The fourth-order valence-electron chi connectivity index (χ4n) is 1.21. The van der Waals surface area contributed by atoms with Gasteiger partial charge in [0.1, 0.15) is 0 Å². The molecule has 1 aromatic rings. The third-order valence-corrected chi connectivity index (χ3v) is 3.12. The van der Waals surface area contributed by atoms with E-state index in [0.717, 1.165) is 11.8 Å². The van der Waals surface area contributed by atoms with Gasteiger partial charge in [-0.3, -0.25) is 4.79 Å². The topological polar surface area (TPSA) is 51.2 Å². The van der Waals surface area contributed by atoms with Crippen molar-refractivity contribution in [2.45, 2.75) is 18.7 Å². The quantitative estimate of drug-likeness (QED) is 0.599. The molecule has 0 saturated heterocycles. The molecule has 0 N–H and O–H groups in total. The zero-order valence-corrected chi connectivity index (χ0v) is 10.3. The van der Waals surface area contributed by atoms with Crippen LogP contribution in [0.5, 0.6) is 0 Å². The van der Waals surface area contributed by atoms with Gasteiger partial charge in [0, 0.05) is 11.8 Å². The van der Waals surface area contributed by atoms with Crippen LogP contribution in [0.2, 0.25) is 0 Å². The number of hydrogen-bond donors (Lipinski definition) is 0. The fourth-order valence-corrected chi connectivity index (χ4v) is 1.84. The average molecular weight is 238 g/mol. The smallest absolute Gasteiger partial charge is 0.185 e. The predicted octanol–water partition coefficient (Wildman–Crippen LogP) is 2.24. The van der Waals surface area contributed by atoms with Crippen molar-refractivity contribution in [3.63, 3.8) is 0 Å². The molecule has 0 saturated carbocycles. The Kier molecular flexibility index (Phi) is 3.65. The van der Waals surface area contributed by atoms with Crippen LogP contribution < -0.4 is 0 Å². The summed E-state index contributed by atoms with van der Waals surface area (Å²) in [5, 5.41) is 0. The summed E-state index contributed by atoms with van der Waals surface area (Å²) in [4.78, 5) is 11.8. The van der Waals surface area contributed by atoms with Gasteiger partial charge in [-0.2, -0.15) is 0 Å². The molecule has 0 fully saturated rings. The normalized spacial score (nSPS) is 10.9. The molecule has 0 heterocycles. The first-order chi connectivity index (χ1) is 7.30. The zero-order chi connectivity index (χ0) is 12.3. The number of allylic oxidation sites excluding steroid dienone is 2. The average Bonchev–Trinajstić information content (AvgIpc) is 2.15. The maximum Gasteiger partial charge on any atom is 0.185 e. The predicted molar refractivity (Wildman–Crippen MR) is 63.3 cm³/mol. The second kappa shape index (κ2) is 4.61. The molecule has 0 atom stereocenters. The van der Waals surface area contributed by atoms with Gasteiger partial charge in [-0.25, -0.2) is 8.42 Å². The number of hydrogen-bond acceptors (Lipinski definition) is 3. The third kappa shape index (κ3) is 3.31. The standard InChI is InChI=1S/C12H14O3S/c1-9(2)8-12(13)10-4-6-11(7-5-10)16(3,14)15/h4-8H,1-3H3. The Morgan fingerprint density at radius 1 is 1.12 bits per heavy atom. The van der Waals surface area contributed by atoms with Crippen molar-refractivity contribution in [2.24, 2.45) is 0 Å². The largest absolute Gasteiger partial charge is 0.289 e. The Bertz CT molecular complexity index is 518. The molecular formula is C12H14O3S. The summed E-state index contributed by atoms with van der Waals surface area (Å²) in [6.45, 7) is 3.67. The molecular weight excluding hydrogens is 224 g/mol. The minimum absolute atomic E-state index is 0.111. The SMILES string of the molecule is CC(C)=CC(=O)c1ccc(S(C)(=O)=O)cc1. The minimum atomic E-state index is -3.20. The molecule has 16 heavy (non-hydrogen) atoms. The van der Waals surface area contributed by atoms with E-state index in [0.29, 0.717) is 5.56 Å². The van der Waals surface area contributed by atoms with E-state index in [4.69, 9.17) is 0 Å². The summed E-state index contributed by atoms with van der Waals surface area (Å²) in [7, 11) is -3.20. The Labute approximate surface area is 95.7 Å². The lowest BCUT2D eigenvalue weighted by Gasteiger charge is -2.00. The van der Waals surface area contributed by atoms with E-state index in [1.165, 1.54) is 30.3 Å². The van der Waals surface area contributed by atoms with Gasteiger partial charge in [0.05, 0.1) is 4.90 Å². The van der Waals surface area contributed by atoms with E-state index >= 15 is 0 Å². The summed E-state index contributed by atoms with van der Waals surface area (Å²) in [5.41, 5.74) is 1.41. The molecule has 3 nitrogen and oxygen atoms in total. The molecule has 0 unspecified atom stereocenters. The molecule has 0 aliphatic rings. The Morgan fingerprint density at radius 2 is 1.62 bits per heavy atom. The van der Waals surface area contributed by atoms with E-state index in [-0.39, 0.29) is 10.7 Å². The van der Waals surface area contributed by atoms with Crippen LogP contribution >= 0.6 is 0 Å². The van der Waals surface area contributed by atoms with Crippen molar-refractivity contribution in [3.05, 3.63) is 41.5 Å². The molecule has 0 radical (unpaired) electrons. The summed E-state index contributed by atoms with van der Waals surface area (Å²) in [6.07, 6.45) is 2.66. The lowest BCUT2D eigenvalue weighted by molar-refractivity contribution is 0.104. The monoisotopic (exact) mass is 238 g/mol. The molecule has 0 bridgehead atoms. The maximum atomic E-state index is 11.6. The molecule has 86 valence electrons. The van der Waals surface area contributed by atoms with Crippen LogP contribution in [-0.2, 0) is 9.84 Å². The van der Waals surface area contributed by atoms with E-state index in [2.05, 4.69) is 0 Å². The van der Waals surface area contributed by atoms with E-state index < -0.39 is 9.84 Å². The number of carbonyl (C=O) groups excluding carboxylic acids is 1. The van der Waals surface area contributed by atoms with Crippen molar-refractivity contribution in [2.75, 3.05) is 6.26 Å². The second-order valence-electron chi connectivity index (χ2n) is 3.88. The summed E-state index contributed by atoms with van der Waals surface area (Å²) in [5.74, 6) is -0.111. The van der Waals surface area contributed by atoms with Crippen molar-refractivity contribution in [3.8, 4) is 0 Å². The van der Waals surface area contributed by atoms with Gasteiger partial charge < -0.3 is 0 Å². The lowest BCUT2D eigenvalue weighted by atomic mass is 10.1. The summed E-state index contributed by atoms with van der Waals surface area (Å²) in [6, 6.07) is 5.94. The maximum absolute atomic E-state index is 11.6. The molecule has 0 aromatic heterocycles. The first kappa shape index (κ1) is 12.6. The van der Waals surface area contributed by atoms with E-state index in [9.17, 15) is 13.2 Å². The molecule has 0 aliphatic carbocycles. The van der Waals surface area contributed by atoms with Crippen LogP contribution in [0.1, 0.15) is 24.2 Å². The number of sulfone groups is 1. The fraction of sp³-hybridized carbons (Fsp3) is 0.250. The first-order valence-corrected chi connectivity index (χ1v) is 6.69. The highest BCUT2D eigenvalue weighted by molar-refractivity contribution is 7.90. The van der Waals surface area contributed by atoms with Crippen LogP contribution in [0.4, 0.5) is 0 Å². The van der Waals surface area contributed by atoms with Gasteiger partial charge in [0.15, 0.2) is 15.6 Å². The van der Waals surface area contributed by atoms with E-state index in [1.54, 1.807) is 0 Å². The molecule has 1 rings (SSSR count). The third-order valence-electron chi connectivity index (χ3n) is 1.99.